The number of nitrogens with two attached hydrogens (primary N) is 1. The van der Waals surface area contributed by atoms with Gasteiger partial charge in [-0.3, -0.25) is 0 Å². The number of rotatable bonds is 4. The van der Waals surface area contributed by atoms with E-state index >= 15 is 0 Å². The minimum absolute atomic E-state index is 0.255. The first-order chi connectivity index (χ1) is 8.70. The highest BCUT2D eigenvalue weighted by Gasteiger charge is 2.40. The van der Waals surface area contributed by atoms with Gasteiger partial charge in [0.1, 0.15) is 0 Å². The van der Waals surface area contributed by atoms with Crippen LogP contribution in [-0.2, 0) is 23.0 Å². The average Bonchev–Trinajstić information content (AvgIpc) is 2.74. The highest BCUT2D eigenvalue weighted by atomic mass is 16.5. The maximum absolute atomic E-state index is 5.91. The highest BCUT2D eigenvalue weighted by Crippen LogP contribution is 2.39. The largest absolute Gasteiger partial charge is 0.379 e. The summed E-state index contributed by atoms with van der Waals surface area (Å²) in [4.78, 5) is 0. The second-order valence-electron chi connectivity index (χ2n) is 6.13. The summed E-state index contributed by atoms with van der Waals surface area (Å²) in [7, 11) is 0. The molecule has 0 bridgehead atoms. The summed E-state index contributed by atoms with van der Waals surface area (Å²) < 4.78 is 5.50. The summed E-state index contributed by atoms with van der Waals surface area (Å²) in [6, 6.07) is 7.39. The molecular weight excluding hydrogens is 222 g/mol. The second-order valence-corrected chi connectivity index (χ2v) is 6.13. The van der Waals surface area contributed by atoms with E-state index in [2.05, 4.69) is 25.1 Å². The quantitative estimate of drug-likeness (QED) is 0.885. The SMILES string of the molecule is CC(N)CCC1(c2ccc3c(c2)CCC3)COC1. The molecule has 2 nitrogen and oxygen atoms in total. The van der Waals surface area contributed by atoms with Gasteiger partial charge in [0.25, 0.3) is 0 Å². The van der Waals surface area contributed by atoms with Crippen molar-refractivity contribution in [3.63, 3.8) is 0 Å². The van der Waals surface area contributed by atoms with Gasteiger partial charge in [0.2, 0.25) is 0 Å². The van der Waals surface area contributed by atoms with Crippen molar-refractivity contribution in [1.82, 2.24) is 0 Å². The Labute approximate surface area is 110 Å². The third kappa shape index (κ3) is 2.08. The zero-order valence-electron chi connectivity index (χ0n) is 11.2. The first-order valence-corrected chi connectivity index (χ1v) is 7.15. The summed E-state index contributed by atoms with van der Waals surface area (Å²) in [6.07, 6.45) is 6.08. The van der Waals surface area contributed by atoms with Crippen LogP contribution < -0.4 is 5.73 Å². The molecule has 0 spiro atoms. The summed E-state index contributed by atoms with van der Waals surface area (Å²) in [5.41, 5.74) is 10.8. The van der Waals surface area contributed by atoms with Crippen molar-refractivity contribution in [1.29, 1.82) is 0 Å². The Bertz CT molecular complexity index is 435. The van der Waals surface area contributed by atoms with Crippen molar-refractivity contribution in [2.45, 2.75) is 50.5 Å². The topological polar surface area (TPSA) is 35.2 Å². The third-order valence-corrected chi connectivity index (χ3v) is 4.55. The van der Waals surface area contributed by atoms with Gasteiger partial charge in [0.15, 0.2) is 0 Å². The number of benzene rings is 1. The number of aryl methyl sites for hydroxylation is 2. The molecule has 1 saturated heterocycles. The van der Waals surface area contributed by atoms with Crippen LogP contribution in [0.5, 0.6) is 0 Å². The van der Waals surface area contributed by atoms with E-state index in [1.54, 1.807) is 11.1 Å². The first-order valence-electron chi connectivity index (χ1n) is 7.15. The zero-order valence-corrected chi connectivity index (χ0v) is 11.2. The lowest BCUT2D eigenvalue weighted by Gasteiger charge is -2.43. The molecule has 98 valence electrons. The monoisotopic (exact) mass is 245 g/mol. The maximum Gasteiger partial charge on any atom is 0.0585 e. The standard InChI is InChI=1S/C16H23NO/c1-12(17)7-8-16(10-18-11-16)15-6-5-13-3-2-4-14(13)9-15/h5-6,9,12H,2-4,7-8,10-11,17H2,1H3. The summed E-state index contributed by atoms with van der Waals surface area (Å²) >= 11 is 0. The van der Waals surface area contributed by atoms with Gasteiger partial charge in [-0.1, -0.05) is 18.2 Å². The van der Waals surface area contributed by atoms with E-state index < -0.39 is 0 Å². The third-order valence-electron chi connectivity index (χ3n) is 4.55. The molecule has 1 aliphatic carbocycles. The molecule has 3 rings (SSSR count). The molecule has 1 aliphatic heterocycles. The van der Waals surface area contributed by atoms with E-state index in [-0.39, 0.29) is 11.5 Å². The average molecular weight is 245 g/mol. The van der Waals surface area contributed by atoms with Crippen molar-refractivity contribution >= 4 is 0 Å². The second kappa shape index (κ2) is 4.67. The molecule has 2 aliphatic rings. The van der Waals surface area contributed by atoms with Crippen LogP contribution in [0.2, 0.25) is 0 Å². The van der Waals surface area contributed by atoms with Crippen LogP contribution in [0.3, 0.4) is 0 Å². The lowest BCUT2D eigenvalue weighted by atomic mass is 9.74. The van der Waals surface area contributed by atoms with Crippen LogP contribution in [0.25, 0.3) is 0 Å². The van der Waals surface area contributed by atoms with E-state index in [0.29, 0.717) is 0 Å². The predicted molar refractivity (Wildman–Crippen MR) is 73.8 cm³/mol. The van der Waals surface area contributed by atoms with Crippen LogP contribution in [0.4, 0.5) is 0 Å². The Hall–Kier alpha value is -0.860. The van der Waals surface area contributed by atoms with E-state index in [1.807, 2.05) is 0 Å². The fraction of sp³-hybridized carbons (Fsp3) is 0.625. The van der Waals surface area contributed by atoms with Crippen molar-refractivity contribution in [3.8, 4) is 0 Å². The molecule has 1 aromatic carbocycles. The van der Waals surface area contributed by atoms with Gasteiger partial charge in [0, 0.05) is 11.5 Å². The normalized spacial score (nSPS) is 22.3. The number of fused-ring (bicyclic) bond motifs is 1. The number of hydrogen-bond donors (Lipinski definition) is 1. The van der Waals surface area contributed by atoms with Gasteiger partial charge in [-0.15, -0.1) is 0 Å². The Morgan fingerprint density at radius 1 is 1.28 bits per heavy atom. The molecule has 2 heteroatoms. The van der Waals surface area contributed by atoms with E-state index in [4.69, 9.17) is 10.5 Å². The zero-order chi connectivity index (χ0) is 12.6. The molecule has 0 aromatic heterocycles. The van der Waals surface area contributed by atoms with Gasteiger partial charge in [-0.2, -0.15) is 0 Å². The molecule has 0 saturated carbocycles. The smallest absolute Gasteiger partial charge is 0.0585 e. The number of hydrogen-bond acceptors (Lipinski definition) is 2. The molecule has 1 heterocycles. The fourth-order valence-electron chi connectivity index (χ4n) is 3.21. The summed E-state index contributed by atoms with van der Waals surface area (Å²) in [5, 5.41) is 0. The van der Waals surface area contributed by atoms with Crippen molar-refractivity contribution in [2.24, 2.45) is 5.73 Å². The molecule has 0 radical (unpaired) electrons. The van der Waals surface area contributed by atoms with E-state index in [9.17, 15) is 0 Å². The Morgan fingerprint density at radius 3 is 2.72 bits per heavy atom. The van der Waals surface area contributed by atoms with Gasteiger partial charge in [-0.25, -0.2) is 0 Å². The predicted octanol–water partition coefficient (Wildman–Crippen LogP) is 2.57. The Balaban J connectivity index is 1.83. The van der Waals surface area contributed by atoms with Gasteiger partial charge in [0.05, 0.1) is 13.2 Å². The molecular formula is C16H23NO. The Kier molecular flexibility index (Phi) is 3.16. The van der Waals surface area contributed by atoms with Gasteiger partial charge >= 0.3 is 0 Å². The van der Waals surface area contributed by atoms with E-state index in [0.717, 1.165) is 26.1 Å². The van der Waals surface area contributed by atoms with Crippen molar-refractivity contribution in [3.05, 3.63) is 34.9 Å². The molecule has 1 atom stereocenters. The lowest BCUT2D eigenvalue weighted by Crippen LogP contribution is -2.47. The maximum atomic E-state index is 5.91. The molecule has 1 unspecified atom stereocenters. The molecule has 1 aromatic rings. The lowest BCUT2D eigenvalue weighted by molar-refractivity contribution is -0.0657. The fourth-order valence-corrected chi connectivity index (χ4v) is 3.21. The highest BCUT2D eigenvalue weighted by molar-refractivity contribution is 5.39. The minimum Gasteiger partial charge on any atom is -0.379 e. The molecule has 18 heavy (non-hydrogen) atoms. The van der Waals surface area contributed by atoms with Crippen LogP contribution in [-0.4, -0.2) is 19.3 Å². The van der Waals surface area contributed by atoms with Crippen molar-refractivity contribution in [2.75, 3.05) is 13.2 Å². The van der Waals surface area contributed by atoms with Crippen LogP contribution >= 0.6 is 0 Å². The molecule has 2 N–H and O–H groups in total. The van der Waals surface area contributed by atoms with Gasteiger partial charge < -0.3 is 10.5 Å². The van der Waals surface area contributed by atoms with Gasteiger partial charge in [-0.05, 0) is 55.7 Å². The van der Waals surface area contributed by atoms with Crippen LogP contribution in [0.1, 0.15) is 42.9 Å². The molecule has 1 fully saturated rings. The first kappa shape index (κ1) is 12.2. The van der Waals surface area contributed by atoms with Crippen molar-refractivity contribution < 1.29 is 4.74 Å². The number of ether oxygens (including phenoxy) is 1. The molecule has 0 amide bonds. The van der Waals surface area contributed by atoms with Crippen LogP contribution in [0.15, 0.2) is 18.2 Å². The van der Waals surface area contributed by atoms with Crippen LogP contribution in [0, 0.1) is 0 Å². The Morgan fingerprint density at radius 2 is 2.06 bits per heavy atom. The minimum atomic E-state index is 0.255. The van der Waals surface area contributed by atoms with E-state index in [1.165, 1.54) is 24.8 Å². The summed E-state index contributed by atoms with van der Waals surface area (Å²) in [5.74, 6) is 0. The summed E-state index contributed by atoms with van der Waals surface area (Å²) in [6.45, 7) is 3.84.